The molecule has 0 unspecified atom stereocenters. The summed E-state index contributed by atoms with van der Waals surface area (Å²) in [5.41, 5.74) is 1.91. The number of likely N-dealkylation sites (tertiary alicyclic amines) is 1. The molecule has 7 heteroatoms. The lowest BCUT2D eigenvalue weighted by Gasteiger charge is -2.33. The van der Waals surface area contributed by atoms with Crippen LogP contribution >= 0.6 is 0 Å². The molecule has 1 saturated heterocycles. The maximum absolute atomic E-state index is 12.4. The minimum absolute atomic E-state index is 0.129. The summed E-state index contributed by atoms with van der Waals surface area (Å²) in [4.78, 5) is 14.1. The van der Waals surface area contributed by atoms with Crippen LogP contribution in [-0.4, -0.2) is 44.2 Å². The van der Waals surface area contributed by atoms with E-state index in [1.54, 1.807) is 18.7 Å². The molecule has 1 aromatic rings. The van der Waals surface area contributed by atoms with Crippen molar-refractivity contribution >= 4 is 21.7 Å². The second kappa shape index (κ2) is 7.98. The number of carbonyl (C=O) groups is 1. The van der Waals surface area contributed by atoms with Crippen LogP contribution in [0.15, 0.2) is 24.3 Å². The van der Waals surface area contributed by atoms with Gasteiger partial charge in [0, 0.05) is 25.3 Å². The maximum Gasteiger partial charge on any atom is 0.321 e. The van der Waals surface area contributed by atoms with Gasteiger partial charge in [-0.1, -0.05) is 17.7 Å². The summed E-state index contributed by atoms with van der Waals surface area (Å²) >= 11 is 0. The topological polar surface area (TPSA) is 78.5 Å². The molecule has 0 aliphatic carbocycles. The number of nitrogens with zero attached hydrogens (tertiary/aromatic N) is 1. The molecule has 2 N–H and O–H groups in total. The van der Waals surface area contributed by atoms with E-state index in [-0.39, 0.29) is 11.9 Å². The molecule has 1 aliphatic rings. The Labute approximate surface area is 144 Å². The highest BCUT2D eigenvalue weighted by atomic mass is 32.2. The van der Waals surface area contributed by atoms with Gasteiger partial charge in [-0.05, 0) is 51.7 Å². The van der Waals surface area contributed by atoms with Crippen LogP contribution in [0, 0.1) is 12.8 Å². The summed E-state index contributed by atoms with van der Waals surface area (Å²) in [7, 11) is -3.26. The van der Waals surface area contributed by atoms with Crippen LogP contribution in [0.1, 0.15) is 32.3 Å². The van der Waals surface area contributed by atoms with Gasteiger partial charge in [0.2, 0.25) is 10.0 Å². The summed E-state index contributed by atoms with van der Waals surface area (Å²) < 4.78 is 26.4. The molecule has 1 fully saturated rings. The van der Waals surface area contributed by atoms with Crippen molar-refractivity contribution in [3.63, 3.8) is 0 Å². The first-order valence-electron chi connectivity index (χ1n) is 8.39. The van der Waals surface area contributed by atoms with Crippen LogP contribution in [0.3, 0.4) is 0 Å². The van der Waals surface area contributed by atoms with E-state index >= 15 is 0 Å². The van der Waals surface area contributed by atoms with Gasteiger partial charge >= 0.3 is 6.03 Å². The quantitative estimate of drug-likeness (QED) is 0.854. The minimum Gasteiger partial charge on any atom is -0.324 e. The lowest BCUT2D eigenvalue weighted by atomic mass is 9.99. The summed E-state index contributed by atoms with van der Waals surface area (Å²) in [6.45, 7) is 6.96. The number of urea groups is 1. The van der Waals surface area contributed by atoms with Gasteiger partial charge in [-0.3, -0.25) is 0 Å². The number of hydrogen-bond acceptors (Lipinski definition) is 3. The zero-order valence-corrected chi connectivity index (χ0v) is 15.4. The molecule has 2 amide bonds. The first kappa shape index (κ1) is 18.7. The third kappa shape index (κ3) is 5.21. The van der Waals surface area contributed by atoms with E-state index in [4.69, 9.17) is 0 Å². The van der Waals surface area contributed by atoms with E-state index in [9.17, 15) is 13.2 Å². The lowest BCUT2D eigenvalue weighted by molar-refractivity contribution is 0.178. The van der Waals surface area contributed by atoms with Crippen LogP contribution in [0.5, 0.6) is 0 Å². The molecular formula is C17H27N3O3S. The average Bonchev–Trinajstić information content (AvgIpc) is 2.55. The van der Waals surface area contributed by atoms with Crippen molar-refractivity contribution in [1.29, 1.82) is 0 Å². The molecule has 6 nitrogen and oxygen atoms in total. The van der Waals surface area contributed by atoms with E-state index in [2.05, 4.69) is 10.0 Å². The summed E-state index contributed by atoms with van der Waals surface area (Å²) in [5.74, 6) is 0.149. The third-order valence-corrected chi connectivity index (χ3v) is 6.11. The second-order valence-electron chi connectivity index (χ2n) is 6.69. The zero-order chi connectivity index (χ0) is 17.7. The Morgan fingerprint density at radius 2 is 1.96 bits per heavy atom. The lowest BCUT2D eigenvalue weighted by Crippen LogP contribution is -2.46. The number of nitrogens with one attached hydrogen (secondary N) is 2. The van der Waals surface area contributed by atoms with E-state index in [0.717, 1.165) is 24.1 Å². The van der Waals surface area contributed by atoms with Crippen LogP contribution in [-0.2, 0) is 10.0 Å². The van der Waals surface area contributed by atoms with Crippen molar-refractivity contribution in [1.82, 2.24) is 9.62 Å². The molecule has 0 saturated carbocycles. The fraction of sp³-hybridized carbons (Fsp3) is 0.588. The smallest absolute Gasteiger partial charge is 0.321 e. The second-order valence-corrected chi connectivity index (χ2v) is 9.01. The molecule has 0 radical (unpaired) electrons. The van der Waals surface area contributed by atoms with Gasteiger partial charge < -0.3 is 10.2 Å². The van der Waals surface area contributed by atoms with Crippen molar-refractivity contribution in [3.8, 4) is 0 Å². The van der Waals surface area contributed by atoms with Crippen molar-refractivity contribution < 1.29 is 13.2 Å². The van der Waals surface area contributed by atoms with E-state index in [1.165, 1.54) is 0 Å². The van der Waals surface area contributed by atoms with Gasteiger partial charge in [0.15, 0.2) is 0 Å². The standard InChI is InChI=1S/C17H27N3O3S/c1-13(2)24(22,23)18-11-15-5-4-10-20(12-15)17(21)19-16-8-6-14(3)7-9-16/h6-9,13,15,18H,4-5,10-12H2,1-3H3,(H,19,21)/t15-/m1/s1. The number of anilines is 1. The number of aryl methyl sites for hydroxylation is 1. The van der Waals surface area contributed by atoms with Crippen LogP contribution in [0.2, 0.25) is 0 Å². The van der Waals surface area contributed by atoms with E-state index < -0.39 is 15.3 Å². The summed E-state index contributed by atoms with van der Waals surface area (Å²) in [6, 6.07) is 7.54. The number of amides is 2. The van der Waals surface area contributed by atoms with E-state index in [0.29, 0.717) is 19.6 Å². The van der Waals surface area contributed by atoms with Crippen LogP contribution < -0.4 is 10.0 Å². The summed E-state index contributed by atoms with van der Waals surface area (Å²) in [6.07, 6.45) is 1.81. The first-order chi connectivity index (χ1) is 11.3. The molecule has 1 aromatic carbocycles. The number of sulfonamides is 1. The third-order valence-electron chi connectivity index (χ3n) is 4.30. The highest BCUT2D eigenvalue weighted by Crippen LogP contribution is 2.18. The number of carbonyl (C=O) groups excluding carboxylic acids is 1. The highest BCUT2D eigenvalue weighted by molar-refractivity contribution is 7.90. The molecule has 1 atom stereocenters. The average molecular weight is 353 g/mol. The molecule has 2 rings (SSSR count). The Balaban J connectivity index is 1.88. The Morgan fingerprint density at radius 3 is 2.58 bits per heavy atom. The molecular weight excluding hydrogens is 326 g/mol. The predicted octanol–water partition coefficient (Wildman–Crippen LogP) is 2.57. The monoisotopic (exact) mass is 353 g/mol. The van der Waals surface area contributed by atoms with Gasteiger partial charge in [-0.15, -0.1) is 0 Å². The maximum atomic E-state index is 12.4. The molecule has 1 heterocycles. The fourth-order valence-corrected chi connectivity index (χ4v) is 3.46. The molecule has 1 aliphatic heterocycles. The number of rotatable bonds is 5. The number of piperidine rings is 1. The Bertz CT molecular complexity index is 656. The molecule has 134 valence electrons. The van der Waals surface area contributed by atoms with Gasteiger partial charge in [0.05, 0.1) is 5.25 Å². The van der Waals surface area contributed by atoms with Crippen molar-refractivity contribution in [3.05, 3.63) is 29.8 Å². The van der Waals surface area contributed by atoms with Gasteiger partial charge in [0.25, 0.3) is 0 Å². The molecule has 0 spiro atoms. The summed E-state index contributed by atoms with van der Waals surface area (Å²) in [5, 5.41) is 2.46. The highest BCUT2D eigenvalue weighted by Gasteiger charge is 2.25. The van der Waals surface area contributed by atoms with Crippen molar-refractivity contribution in [2.24, 2.45) is 5.92 Å². The van der Waals surface area contributed by atoms with Crippen molar-refractivity contribution in [2.45, 2.75) is 38.9 Å². The zero-order valence-electron chi connectivity index (χ0n) is 14.6. The van der Waals surface area contributed by atoms with Gasteiger partial charge in [0.1, 0.15) is 0 Å². The first-order valence-corrected chi connectivity index (χ1v) is 9.93. The Hall–Kier alpha value is -1.60. The van der Waals surface area contributed by atoms with Gasteiger partial charge in [-0.2, -0.15) is 0 Å². The van der Waals surface area contributed by atoms with Gasteiger partial charge in [-0.25, -0.2) is 17.9 Å². The normalized spacial score (nSPS) is 18.7. The molecule has 0 aromatic heterocycles. The Kier molecular flexibility index (Phi) is 6.23. The largest absolute Gasteiger partial charge is 0.324 e. The number of hydrogen-bond donors (Lipinski definition) is 2. The van der Waals surface area contributed by atoms with E-state index in [1.807, 2.05) is 31.2 Å². The van der Waals surface area contributed by atoms with Crippen LogP contribution in [0.4, 0.5) is 10.5 Å². The fourth-order valence-electron chi connectivity index (χ4n) is 2.66. The SMILES string of the molecule is Cc1ccc(NC(=O)N2CCC[C@H](CNS(=O)(=O)C(C)C)C2)cc1. The number of benzene rings is 1. The van der Waals surface area contributed by atoms with Crippen LogP contribution in [0.25, 0.3) is 0 Å². The molecule has 24 heavy (non-hydrogen) atoms. The van der Waals surface area contributed by atoms with Crippen molar-refractivity contribution in [2.75, 3.05) is 25.0 Å². The minimum atomic E-state index is -3.26. The molecule has 0 bridgehead atoms. The Morgan fingerprint density at radius 1 is 1.29 bits per heavy atom. The predicted molar refractivity (Wildman–Crippen MR) is 96.6 cm³/mol.